The molecule has 2 heteroatoms. The summed E-state index contributed by atoms with van der Waals surface area (Å²) in [6.45, 7) is 0. The summed E-state index contributed by atoms with van der Waals surface area (Å²) in [7, 11) is 4.19. The molecule has 2 rings (SSSR count). The fraction of sp³-hybridized carbons (Fsp3) is 0.455. The number of nitrogens with zero attached hydrogens (tertiary/aromatic N) is 1. The molecule has 1 saturated carbocycles. The highest BCUT2D eigenvalue weighted by Gasteiger charge is 2.41. The third-order valence-electron chi connectivity index (χ3n) is 2.39. The van der Waals surface area contributed by atoms with Crippen LogP contribution in [-0.4, -0.2) is 31.1 Å². The number of para-hydroxylation sites is 1. The zero-order valence-electron chi connectivity index (χ0n) is 8.10. The summed E-state index contributed by atoms with van der Waals surface area (Å²) in [4.78, 5) is 2.22. The van der Waals surface area contributed by atoms with Gasteiger partial charge in [-0.05, 0) is 26.2 Å². The Hall–Kier alpha value is -1.02. The van der Waals surface area contributed by atoms with Gasteiger partial charge in [0.1, 0.15) is 11.9 Å². The van der Waals surface area contributed by atoms with Gasteiger partial charge in [-0.3, -0.25) is 0 Å². The smallest absolute Gasteiger partial charge is 0.119 e. The summed E-state index contributed by atoms with van der Waals surface area (Å²) in [6, 6.07) is 10.6. The Morgan fingerprint density at radius 3 is 2.46 bits per heavy atom. The molecule has 0 heterocycles. The summed E-state index contributed by atoms with van der Waals surface area (Å²) in [5.41, 5.74) is 0. The molecule has 70 valence electrons. The van der Waals surface area contributed by atoms with E-state index in [4.69, 9.17) is 4.74 Å². The van der Waals surface area contributed by atoms with E-state index in [0.717, 1.165) is 12.2 Å². The van der Waals surface area contributed by atoms with E-state index in [-0.39, 0.29) is 0 Å². The van der Waals surface area contributed by atoms with Crippen LogP contribution in [0.1, 0.15) is 6.42 Å². The van der Waals surface area contributed by atoms with E-state index in [2.05, 4.69) is 19.0 Å². The number of benzene rings is 1. The summed E-state index contributed by atoms with van der Waals surface area (Å²) < 4.78 is 5.76. The average molecular weight is 177 g/mol. The molecule has 1 aromatic carbocycles. The largest absolute Gasteiger partial charge is 0.489 e. The molecule has 1 aromatic rings. The van der Waals surface area contributed by atoms with E-state index in [1.165, 1.54) is 0 Å². The minimum absolute atomic E-state index is 0.400. The predicted molar refractivity (Wildman–Crippen MR) is 53.0 cm³/mol. The molecule has 0 N–H and O–H groups in total. The van der Waals surface area contributed by atoms with Crippen LogP contribution in [0.2, 0.25) is 0 Å². The maximum absolute atomic E-state index is 5.76. The van der Waals surface area contributed by atoms with E-state index >= 15 is 0 Å². The zero-order valence-corrected chi connectivity index (χ0v) is 8.10. The second-order valence-electron chi connectivity index (χ2n) is 3.74. The van der Waals surface area contributed by atoms with Gasteiger partial charge in [0.2, 0.25) is 0 Å². The molecule has 2 atom stereocenters. The van der Waals surface area contributed by atoms with Crippen molar-refractivity contribution >= 4 is 0 Å². The Kier molecular flexibility index (Phi) is 2.23. The molecule has 2 unspecified atom stereocenters. The fourth-order valence-corrected chi connectivity index (χ4v) is 1.50. The molecule has 0 saturated heterocycles. The Balaban J connectivity index is 1.88. The van der Waals surface area contributed by atoms with Crippen LogP contribution < -0.4 is 4.74 Å². The standard InChI is InChI=1S/C11H15NO/c1-12(2)10-8-11(10)13-9-6-4-3-5-7-9/h3-7,10-11H,8H2,1-2H3. The van der Waals surface area contributed by atoms with E-state index < -0.39 is 0 Å². The molecule has 0 bridgehead atoms. The number of hydrogen-bond donors (Lipinski definition) is 0. The molecular formula is C11H15NO. The first-order valence-corrected chi connectivity index (χ1v) is 4.65. The molecular weight excluding hydrogens is 162 g/mol. The van der Waals surface area contributed by atoms with Gasteiger partial charge in [0.15, 0.2) is 0 Å². The molecule has 13 heavy (non-hydrogen) atoms. The molecule has 0 aliphatic heterocycles. The van der Waals surface area contributed by atoms with Gasteiger partial charge in [0.05, 0.1) is 0 Å². The highest BCUT2D eigenvalue weighted by molar-refractivity contribution is 5.22. The maximum atomic E-state index is 5.76. The molecule has 1 aliphatic rings. The number of rotatable bonds is 3. The van der Waals surface area contributed by atoms with Crippen molar-refractivity contribution < 1.29 is 4.74 Å². The van der Waals surface area contributed by atoms with Crippen LogP contribution >= 0.6 is 0 Å². The van der Waals surface area contributed by atoms with Crippen LogP contribution in [0.4, 0.5) is 0 Å². The topological polar surface area (TPSA) is 12.5 Å². The first kappa shape index (κ1) is 8.57. The zero-order chi connectivity index (χ0) is 9.26. The third kappa shape index (κ3) is 2.01. The van der Waals surface area contributed by atoms with E-state index in [9.17, 15) is 0 Å². The molecule has 0 radical (unpaired) electrons. The number of likely N-dealkylation sites (N-methyl/N-ethyl adjacent to an activating group) is 1. The SMILES string of the molecule is CN(C)C1CC1Oc1ccccc1. The van der Waals surface area contributed by atoms with E-state index in [0.29, 0.717) is 12.1 Å². The third-order valence-corrected chi connectivity index (χ3v) is 2.39. The monoisotopic (exact) mass is 177 g/mol. The summed E-state index contributed by atoms with van der Waals surface area (Å²) in [5.74, 6) is 0.983. The molecule has 1 fully saturated rings. The van der Waals surface area contributed by atoms with Gasteiger partial charge in [-0.2, -0.15) is 0 Å². The van der Waals surface area contributed by atoms with Gasteiger partial charge >= 0.3 is 0 Å². The maximum Gasteiger partial charge on any atom is 0.119 e. The molecule has 0 spiro atoms. The lowest BCUT2D eigenvalue weighted by Gasteiger charge is -2.09. The Morgan fingerprint density at radius 1 is 1.23 bits per heavy atom. The van der Waals surface area contributed by atoms with Crippen LogP contribution in [0.5, 0.6) is 5.75 Å². The minimum Gasteiger partial charge on any atom is -0.489 e. The average Bonchev–Trinajstić information content (AvgIpc) is 2.86. The normalized spacial score (nSPS) is 26.1. The van der Waals surface area contributed by atoms with Crippen molar-refractivity contribution in [1.29, 1.82) is 0 Å². The number of hydrogen-bond acceptors (Lipinski definition) is 2. The van der Waals surface area contributed by atoms with Gasteiger partial charge in [-0.15, -0.1) is 0 Å². The van der Waals surface area contributed by atoms with Crippen molar-refractivity contribution in [2.75, 3.05) is 14.1 Å². The predicted octanol–water partition coefficient (Wildman–Crippen LogP) is 1.77. The van der Waals surface area contributed by atoms with Gasteiger partial charge in [-0.1, -0.05) is 18.2 Å². The van der Waals surface area contributed by atoms with Crippen molar-refractivity contribution in [2.45, 2.75) is 18.6 Å². The van der Waals surface area contributed by atoms with E-state index in [1.807, 2.05) is 30.3 Å². The quantitative estimate of drug-likeness (QED) is 0.697. The Morgan fingerprint density at radius 2 is 1.92 bits per heavy atom. The van der Waals surface area contributed by atoms with Crippen molar-refractivity contribution in [1.82, 2.24) is 4.90 Å². The van der Waals surface area contributed by atoms with Crippen LogP contribution in [0, 0.1) is 0 Å². The Labute approximate surface area is 79.1 Å². The second kappa shape index (κ2) is 3.38. The highest BCUT2D eigenvalue weighted by Crippen LogP contribution is 2.30. The Bertz CT molecular complexity index is 271. The fourth-order valence-electron chi connectivity index (χ4n) is 1.50. The van der Waals surface area contributed by atoms with Crippen LogP contribution in [-0.2, 0) is 0 Å². The lowest BCUT2D eigenvalue weighted by atomic mass is 10.3. The van der Waals surface area contributed by atoms with Crippen LogP contribution in [0.3, 0.4) is 0 Å². The molecule has 1 aliphatic carbocycles. The minimum atomic E-state index is 0.400. The van der Waals surface area contributed by atoms with Gasteiger partial charge < -0.3 is 9.64 Å². The van der Waals surface area contributed by atoms with Gasteiger partial charge in [0.25, 0.3) is 0 Å². The van der Waals surface area contributed by atoms with Gasteiger partial charge in [-0.25, -0.2) is 0 Å². The first-order valence-electron chi connectivity index (χ1n) is 4.65. The molecule has 2 nitrogen and oxygen atoms in total. The van der Waals surface area contributed by atoms with E-state index in [1.54, 1.807) is 0 Å². The van der Waals surface area contributed by atoms with Crippen LogP contribution in [0.25, 0.3) is 0 Å². The first-order chi connectivity index (χ1) is 6.27. The highest BCUT2D eigenvalue weighted by atomic mass is 16.5. The lowest BCUT2D eigenvalue weighted by molar-refractivity contribution is 0.252. The lowest BCUT2D eigenvalue weighted by Crippen LogP contribution is -2.19. The summed E-state index contributed by atoms with van der Waals surface area (Å²) in [6.07, 6.45) is 1.56. The van der Waals surface area contributed by atoms with Crippen molar-refractivity contribution in [3.8, 4) is 5.75 Å². The van der Waals surface area contributed by atoms with Gasteiger partial charge in [0, 0.05) is 12.5 Å². The van der Waals surface area contributed by atoms with Crippen molar-refractivity contribution in [3.05, 3.63) is 30.3 Å². The second-order valence-corrected chi connectivity index (χ2v) is 3.74. The molecule has 0 amide bonds. The molecule has 0 aromatic heterocycles. The van der Waals surface area contributed by atoms with Crippen LogP contribution in [0.15, 0.2) is 30.3 Å². The summed E-state index contributed by atoms with van der Waals surface area (Å²) in [5, 5.41) is 0. The number of ether oxygens (including phenoxy) is 1. The van der Waals surface area contributed by atoms with Crippen molar-refractivity contribution in [2.24, 2.45) is 0 Å². The summed E-state index contributed by atoms with van der Waals surface area (Å²) >= 11 is 0. The van der Waals surface area contributed by atoms with Crippen molar-refractivity contribution in [3.63, 3.8) is 0 Å².